The first-order valence-electron chi connectivity index (χ1n) is 5.76. The Hall–Kier alpha value is -1.32. The molecule has 0 radical (unpaired) electrons. The van der Waals surface area contributed by atoms with Crippen molar-refractivity contribution in [2.75, 3.05) is 19.0 Å². The van der Waals surface area contributed by atoms with Crippen molar-refractivity contribution in [2.45, 2.75) is 40.0 Å². The van der Waals surface area contributed by atoms with Crippen molar-refractivity contribution >= 4 is 5.82 Å². The second-order valence-corrected chi connectivity index (χ2v) is 4.15. The molecule has 0 bridgehead atoms. The Labute approximate surface area is 97.5 Å². The molecule has 0 saturated carbocycles. The van der Waals surface area contributed by atoms with Crippen LogP contribution < -0.4 is 10.1 Å². The normalized spacial score (nSPS) is 10.6. The third-order valence-corrected chi connectivity index (χ3v) is 2.37. The van der Waals surface area contributed by atoms with E-state index in [1.54, 1.807) is 7.11 Å². The Balaban J connectivity index is 3.08. The maximum absolute atomic E-state index is 5.27. The van der Waals surface area contributed by atoms with Gasteiger partial charge < -0.3 is 10.1 Å². The van der Waals surface area contributed by atoms with Gasteiger partial charge in [0.1, 0.15) is 11.6 Å². The van der Waals surface area contributed by atoms with Crippen LogP contribution >= 0.6 is 0 Å². The Morgan fingerprint density at radius 2 is 2.00 bits per heavy atom. The molecule has 0 aliphatic carbocycles. The molecular weight excluding hydrogens is 202 g/mol. The summed E-state index contributed by atoms with van der Waals surface area (Å²) in [6, 6.07) is 0. The molecule has 0 fully saturated rings. The number of rotatable bonds is 5. The molecule has 0 aromatic carbocycles. The standard InChI is InChI=1S/C12H21N3O/c1-6-7-13-11-9(4)12(16-5)15-10(14-11)8(2)3/h8H,6-7H2,1-5H3,(H,13,14,15). The molecule has 0 aliphatic heterocycles. The summed E-state index contributed by atoms with van der Waals surface area (Å²) in [7, 11) is 1.64. The van der Waals surface area contributed by atoms with Crippen molar-refractivity contribution in [2.24, 2.45) is 0 Å². The molecule has 1 N–H and O–H groups in total. The Kier molecular flexibility index (Phi) is 4.52. The molecule has 4 heteroatoms. The van der Waals surface area contributed by atoms with E-state index in [1.807, 2.05) is 6.92 Å². The highest BCUT2D eigenvalue weighted by atomic mass is 16.5. The van der Waals surface area contributed by atoms with Gasteiger partial charge in [0.25, 0.3) is 0 Å². The number of methoxy groups -OCH3 is 1. The topological polar surface area (TPSA) is 47.0 Å². The van der Waals surface area contributed by atoms with Gasteiger partial charge >= 0.3 is 0 Å². The van der Waals surface area contributed by atoms with Gasteiger partial charge in [-0.15, -0.1) is 0 Å². The van der Waals surface area contributed by atoms with E-state index in [1.165, 1.54) is 0 Å². The van der Waals surface area contributed by atoms with Gasteiger partial charge in [0, 0.05) is 12.5 Å². The van der Waals surface area contributed by atoms with Gasteiger partial charge in [-0.25, -0.2) is 4.98 Å². The highest BCUT2D eigenvalue weighted by molar-refractivity contribution is 5.48. The average Bonchev–Trinajstić information content (AvgIpc) is 2.27. The minimum Gasteiger partial charge on any atom is -0.481 e. The zero-order chi connectivity index (χ0) is 12.1. The maximum atomic E-state index is 5.27. The largest absolute Gasteiger partial charge is 0.481 e. The maximum Gasteiger partial charge on any atom is 0.221 e. The molecule has 0 saturated heterocycles. The number of ether oxygens (including phenoxy) is 1. The zero-order valence-corrected chi connectivity index (χ0v) is 10.8. The number of aromatic nitrogens is 2. The fraction of sp³-hybridized carbons (Fsp3) is 0.667. The summed E-state index contributed by atoms with van der Waals surface area (Å²) in [5, 5.41) is 3.30. The predicted octanol–water partition coefficient (Wildman–Crippen LogP) is 2.74. The molecule has 1 rings (SSSR count). The first-order chi connectivity index (χ1) is 7.60. The molecule has 1 aromatic rings. The van der Waals surface area contributed by atoms with Gasteiger partial charge in [-0.3, -0.25) is 0 Å². The molecule has 1 heterocycles. The first kappa shape index (κ1) is 12.7. The smallest absolute Gasteiger partial charge is 0.221 e. The van der Waals surface area contributed by atoms with Crippen LogP contribution in [0.2, 0.25) is 0 Å². The summed E-state index contributed by atoms with van der Waals surface area (Å²) >= 11 is 0. The quantitative estimate of drug-likeness (QED) is 0.833. The van der Waals surface area contributed by atoms with E-state index in [9.17, 15) is 0 Å². The van der Waals surface area contributed by atoms with Gasteiger partial charge in [-0.1, -0.05) is 20.8 Å². The Bertz CT molecular complexity index is 350. The van der Waals surface area contributed by atoms with E-state index >= 15 is 0 Å². The molecule has 0 unspecified atom stereocenters. The Morgan fingerprint density at radius 1 is 1.31 bits per heavy atom. The molecule has 16 heavy (non-hydrogen) atoms. The highest BCUT2D eigenvalue weighted by Crippen LogP contribution is 2.24. The van der Waals surface area contributed by atoms with Gasteiger partial charge in [-0.2, -0.15) is 4.98 Å². The molecule has 0 atom stereocenters. The van der Waals surface area contributed by atoms with Crippen LogP contribution in [0.25, 0.3) is 0 Å². The fourth-order valence-electron chi connectivity index (χ4n) is 1.39. The summed E-state index contributed by atoms with van der Waals surface area (Å²) in [6.45, 7) is 9.17. The van der Waals surface area contributed by atoms with Crippen LogP contribution in [-0.4, -0.2) is 23.6 Å². The summed E-state index contributed by atoms with van der Waals surface area (Å²) in [4.78, 5) is 8.90. The molecule has 0 amide bonds. The third kappa shape index (κ3) is 2.84. The first-order valence-corrected chi connectivity index (χ1v) is 5.76. The molecule has 0 aliphatic rings. The van der Waals surface area contributed by atoms with E-state index < -0.39 is 0 Å². The van der Waals surface area contributed by atoms with Crippen molar-refractivity contribution in [3.05, 3.63) is 11.4 Å². The van der Waals surface area contributed by atoms with Crippen LogP contribution in [0.4, 0.5) is 5.82 Å². The minimum atomic E-state index is 0.302. The van der Waals surface area contributed by atoms with Gasteiger partial charge in [0.05, 0.1) is 12.7 Å². The summed E-state index contributed by atoms with van der Waals surface area (Å²) in [6.07, 6.45) is 1.07. The lowest BCUT2D eigenvalue weighted by Gasteiger charge is -2.13. The number of anilines is 1. The molecule has 90 valence electrons. The van der Waals surface area contributed by atoms with Gasteiger partial charge in [-0.05, 0) is 13.3 Å². The van der Waals surface area contributed by atoms with Crippen molar-refractivity contribution < 1.29 is 4.74 Å². The lowest BCUT2D eigenvalue weighted by atomic mass is 10.2. The van der Waals surface area contributed by atoms with Crippen molar-refractivity contribution in [1.29, 1.82) is 0 Å². The lowest BCUT2D eigenvalue weighted by molar-refractivity contribution is 0.390. The van der Waals surface area contributed by atoms with Crippen LogP contribution in [0.15, 0.2) is 0 Å². The van der Waals surface area contributed by atoms with Crippen LogP contribution in [0.1, 0.15) is 44.5 Å². The van der Waals surface area contributed by atoms with Crippen LogP contribution in [0, 0.1) is 6.92 Å². The van der Waals surface area contributed by atoms with Crippen LogP contribution in [0.5, 0.6) is 5.88 Å². The third-order valence-electron chi connectivity index (χ3n) is 2.37. The monoisotopic (exact) mass is 223 g/mol. The highest BCUT2D eigenvalue weighted by Gasteiger charge is 2.12. The minimum absolute atomic E-state index is 0.302. The predicted molar refractivity (Wildman–Crippen MR) is 66.2 cm³/mol. The van der Waals surface area contributed by atoms with E-state index in [4.69, 9.17) is 4.74 Å². The van der Waals surface area contributed by atoms with Gasteiger partial charge in [0.15, 0.2) is 0 Å². The fourth-order valence-corrected chi connectivity index (χ4v) is 1.39. The second-order valence-electron chi connectivity index (χ2n) is 4.15. The number of nitrogens with zero attached hydrogens (tertiary/aromatic N) is 2. The van der Waals surface area contributed by atoms with Gasteiger partial charge in [0.2, 0.25) is 5.88 Å². The summed E-state index contributed by atoms with van der Waals surface area (Å²) in [5.74, 6) is 2.67. The zero-order valence-electron chi connectivity index (χ0n) is 10.8. The number of nitrogens with one attached hydrogen (secondary N) is 1. The van der Waals surface area contributed by atoms with Crippen molar-refractivity contribution in [3.8, 4) is 5.88 Å². The average molecular weight is 223 g/mol. The van der Waals surface area contributed by atoms with Crippen LogP contribution in [0.3, 0.4) is 0 Å². The van der Waals surface area contributed by atoms with Crippen molar-refractivity contribution in [1.82, 2.24) is 9.97 Å². The lowest BCUT2D eigenvalue weighted by Crippen LogP contribution is -2.09. The van der Waals surface area contributed by atoms with E-state index in [-0.39, 0.29) is 0 Å². The Morgan fingerprint density at radius 3 is 2.50 bits per heavy atom. The number of hydrogen-bond donors (Lipinski definition) is 1. The summed E-state index contributed by atoms with van der Waals surface area (Å²) in [5.41, 5.74) is 0.973. The number of hydrogen-bond acceptors (Lipinski definition) is 4. The molecular formula is C12H21N3O. The van der Waals surface area contributed by atoms with E-state index in [0.29, 0.717) is 11.8 Å². The molecule has 4 nitrogen and oxygen atoms in total. The second kappa shape index (κ2) is 5.68. The molecule has 1 aromatic heterocycles. The summed E-state index contributed by atoms with van der Waals surface area (Å²) < 4.78 is 5.27. The molecule has 0 spiro atoms. The SMILES string of the molecule is CCCNc1nc(C(C)C)nc(OC)c1C. The van der Waals surface area contributed by atoms with E-state index in [2.05, 4.69) is 36.1 Å². The van der Waals surface area contributed by atoms with Crippen LogP contribution in [-0.2, 0) is 0 Å². The van der Waals surface area contributed by atoms with E-state index in [0.717, 1.165) is 30.2 Å². The van der Waals surface area contributed by atoms with Crippen molar-refractivity contribution in [3.63, 3.8) is 0 Å².